The van der Waals surface area contributed by atoms with Crippen LogP contribution in [0.25, 0.3) is 0 Å². The predicted octanol–water partition coefficient (Wildman–Crippen LogP) is 1.28. The summed E-state index contributed by atoms with van der Waals surface area (Å²) in [6, 6.07) is 0.247. The summed E-state index contributed by atoms with van der Waals surface area (Å²) in [5.74, 6) is 0.930. The van der Waals surface area contributed by atoms with Gasteiger partial charge in [0.25, 0.3) is 0 Å². The van der Waals surface area contributed by atoms with Gasteiger partial charge in [0, 0.05) is 31.4 Å². The average Bonchev–Trinajstić information content (AvgIpc) is 2.75. The quantitative estimate of drug-likeness (QED) is 0.813. The number of hydrogen-bond donors (Lipinski definition) is 2. The molecule has 0 unspecified atom stereocenters. The molecule has 1 aliphatic heterocycles. The second kappa shape index (κ2) is 6.35. The molecule has 0 aliphatic carbocycles. The first kappa shape index (κ1) is 13.6. The molecule has 6 nitrogen and oxygen atoms in total. The third-order valence-corrected chi connectivity index (χ3v) is 4.73. The summed E-state index contributed by atoms with van der Waals surface area (Å²) in [5, 5.41) is 21.3. The number of nitrogens with zero attached hydrogens (tertiary/aromatic N) is 3. The Kier molecular flexibility index (Phi) is 4.79. The van der Waals surface area contributed by atoms with Gasteiger partial charge in [-0.05, 0) is 13.3 Å². The van der Waals surface area contributed by atoms with E-state index in [1.807, 2.05) is 6.92 Å². The van der Waals surface area contributed by atoms with Crippen molar-refractivity contribution in [2.45, 2.75) is 23.7 Å². The molecule has 0 aromatic carbocycles. The van der Waals surface area contributed by atoms with Gasteiger partial charge in [0.05, 0.1) is 0 Å². The fourth-order valence-corrected chi connectivity index (χ4v) is 3.76. The first-order chi connectivity index (χ1) is 8.65. The summed E-state index contributed by atoms with van der Waals surface area (Å²) < 4.78 is 0.985. The molecule has 8 heteroatoms. The van der Waals surface area contributed by atoms with Gasteiger partial charge >= 0.3 is 6.09 Å². The molecule has 2 heterocycles. The zero-order valence-electron chi connectivity index (χ0n) is 10.1. The van der Waals surface area contributed by atoms with Crippen LogP contribution in [0, 0.1) is 6.92 Å². The molecule has 1 amide bonds. The van der Waals surface area contributed by atoms with Gasteiger partial charge in [-0.2, -0.15) is 0 Å². The van der Waals surface area contributed by atoms with Crippen LogP contribution in [0.5, 0.6) is 0 Å². The van der Waals surface area contributed by atoms with Crippen molar-refractivity contribution in [3.63, 3.8) is 0 Å². The van der Waals surface area contributed by atoms with Crippen LogP contribution in [0.15, 0.2) is 4.34 Å². The molecule has 0 saturated carbocycles. The van der Waals surface area contributed by atoms with E-state index in [0.717, 1.165) is 28.1 Å². The molecule has 0 spiro atoms. The van der Waals surface area contributed by atoms with Crippen LogP contribution in [0.3, 0.4) is 0 Å². The number of piperazine rings is 1. The number of aryl methyl sites for hydroxylation is 1. The van der Waals surface area contributed by atoms with Gasteiger partial charge in [0.15, 0.2) is 4.34 Å². The lowest BCUT2D eigenvalue weighted by Crippen LogP contribution is -2.52. The van der Waals surface area contributed by atoms with Crippen molar-refractivity contribution < 1.29 is 9.90 Å². The van der Waals surface area contributed by atoms with E-state index in [0.29, 0.717) is 13.1 Å². The SMILES string of the molecule is Cc1nnc(SCC[C@@H]2CN(C(=O)O)CCN2)s1. The topological polar surface area (TPSA) is 78.4 Å². The van der Waals surface area contributed by atoms with Crippen molar-refractivity contribution in [3.05, 3.63) is 5.01 Å². The van der Waals surface area contributed by atoms with Crippen molar-refractivity contribution in [1.29, 1.82) is 0 Å². The summed E-state index contributed by atoms with van der Waals surface area (Å²) in [6.45, 7) is 3.83. The van der Waals surface area contributed by atoms with E-state index in [1.54, 1.807) is 23.1 Å². The molecule has 1 fully saturated rings. The maximum Gasteiger partial charge on any atom is 0.407 e. The van der Waals surface area contributed by atoms with Gasteiger partial charge in [-0.25, -0.2) is 4.79 Å². The Hall–Kier alpha value is -0.860. The molecule has 1 aromatic heterocycles. The number of carboxylic acid groups (broad SMARTS) is 1. The second-order valence-electron chi connectivity index (χ2n) is 4.10. The normalized spacial score (nSPS) is 20.1. The Labute approximate surface area is 114 Å². The van der Waals surface area contributed by atoms with E-state index >= 15 is 0 Å². The minimum atomic E-state index is -0.825. The van der Waals surface area contributed by atoms with Crippen LogP contribution in [-0.4, -0.2) is 57.7 Å². The number of thioether (sulfide) groups is 1. The highest BCUT2D eigenvalue weighted by molar-refractivity contribution is 8.01. The summed E-state index contributed by atoms with van der Waals surface area (Å²) in [5.41, 5.74) is 0. The van der Waals surface area contributed by atoms with Gasteiger partial charge in [0.1, 0.15) is 5.01 Å². The smallest absolute Gasteiger partial charge is 0.407 e. The summed E-state index contributed by atoms with van der Waals surface area (Å²) in [7, 11) is 0. The molecule has 1 aliphatic rings. The Balaban J connectivity index is 1.71. The van der Waals surface area contributed by atoms with Crippen molar-refractivity contribution in [2.24, 2.45) is 0 Å². The van der Waals surface area contributed by atoms with E-state index in [2.05, 4.69) is 15.5 Å². The highest BCUT2D eigenvalue weighted by Crippen LogP contribution is 2.23. The molecular formula is C10H16N4O2S2. The van der Waals surface area contributed by atoms with Crippen LogP contribution < -0.4 is 5.32 Å². The lowest BCUT2D eigenvalue weighted by Gasteiger charge is -2.31. The van der Waals surface area contributed by atoms with Crippen LogP contribution in [0.4, 0.5) is 4.79 Å². The van der Waals surface area contributed by atoms with E-state index in [9.17, 15) is 4.79 Å². The molecule has 2 N–H and O–H groups in total. The van der Waals surface area contributed by atoms with Crippen molar-refractivity contribution in [3.8, 4) is 0 Å². The van der Waals surface area contributed by atoms with Gasteiger partial charge in [0.2, 0.25) is 0 Å². The van der Waals surface area contributed by atoms with E-state index < -0.39 is 6.09 Å². The zero-order chi connectivity index (χ0) is 13.0. The Morgan fingerprint density at radius 1 is 1.67 bits per heavy atom. The molecule has 1 saturated heterocycles. The lowest BCUT2D eigenvalue weighted by atomic mass is 10.2. The first-order valence-electron chi connectivity index (χ1n) is 5.79. The fourth-order valence-electron chi connectivity index (χ4n) is 1.82. The number of nitrogens with one attached hydrogen (secondary N) is 1. The van der Waals surface area contributed by atoms with Crippen LogP contribution in [0.2, 0.25) is 0 Å². The van der Waals surface area contributed by atoms with Gasteiger partial charge in [-0.15, -0.1) is 10.2 Å². The molecule has 18 heavy (non-hydrogen) atoms. The zero-order valence-corrected chi connectivity index (χ0v) is 11.8. The minimum Gasteiger partial charge on any atom is -0.465 e. The summed E-state index contributed by atoms with van der Waals surface area (Å²) >= 11 is 3.28. The Morgan fingerprint density at radius 2 is 2.50 bits per heavy atom. The first-order valence-corrected chi connectivity index (χ1v) is 7.59. The summed E-state index contributed by atoms with van der Waals surface area (Å²) in [6.07, 6.45) is 0.112. The van der Waals surface area contributed by atoms with E-state index in [1.165, 1.54) is 4.90 Å². The highest BCUT2D eigenvalue weighted by atomic mass is 32.2. The van der Waals surface area contributed by atoms with Crippen molar-refractivity contribution in [2.75, 3.05) is 25.4 Å². The number of aromatic nitrogens is 2. The van der Waals surface area contributed by atoms with Crippen molar-refractivity contribution >= 4 is 29.2 Å². The van der Waals surface area contributed by atoms with E-state index in [-0.39, 0.29) is 6.04 Å². The molecule has 0 radical (unpaired) electrons. The molecule has 1 atom stereocenters. The lowest BCUT2D eigenvalue weighted by molar-refractivity contribution is 0.128. The predicted molar refractivity (Wildman–Crippen MR) is 71.4 cm³/mol. The van der Waals surface area contributed by atoms with Gasteiger partial charge in [-0.3, -0.25) is 0 Å². The largest absolute Gasteiger partial charge is 0.465 e. The standard InChI is InChI=1S/C10H16N4O2S2/c1-7-12-13-9(18-7)17-5-2-8-6-14(10(15)16)4-3-11-8/h8,11H,2-6H2,1H3,(H,15,16)/t8-/m1/s1. The van der Waals surface area contributed by atoms with Crippen LogP contribution in [-0.2, 0) is 0 Å². The maximum absolute atomic E-state index is 10.9. The molecule has 100 valence electrons. The highest BCUT2D eigenvalue weighted by Gasteiger charge is 2.22. The van der Waals surface area contributed by atoms with Gasteiger partial charge < -0.3 is 15.3 Å². The number of amides is 1. The summed E-state index contributed by atoms with van der Waals surface area (Å²) in [4.78, 5) is 12.3. The van der Waals surface area contributed by atoms with Crippen LogP contribution >= 0.6 is 23.1 Å². The monoisotopic (exact) mass is 288 g/mol. The maximum atomic E-state index is 10.9. The van der Waals surface area contributed by atoms with Crippen LogP contribution in [0.1, 0.15) is 11.4 Å². The average molecular weight is 288 g/mol. The number of rotatable bonds is 4. The molecular weight excluding hydrogens is 272 g/mol. The third kappa shape index (κ3) is 3.82. The molecule has 2 rings (SSSR count). The van der Waals surface area contributed by atoms with Gasteiger partial charge in [-0.1, -0.05) is 23.1 Å². The minimum absolute atomic E-state index is 0.247. The molecule has 0 bridgehead atoms. The van der Waals surface area contributed by atoms with E-state index in [4.69, 9.17) is 5.11 Å². The van der Waals surface area contributed by atoms with Crippen molar-refractivity contribution in [1.82, 2.24) is 20.4 Å². The number of carbonyl (C=O) groups is 1. The Bertz CT molecular complexity index is 412. The second-order valence-corrected chi connectivity index (χ2v) is 6.63. The Morgan fingerprint density at radius 3 is 3.17 bits per heavy atom. The fraction of sp³-hybridized carbons (Fsp3) is 0.700. The number of hydrogen-bond acceptors (Lipinski definition) is 6. The molecule has 1 aromatic rings. The third-order valence-electron chi connectivity index (χ3n) is 2.73.